The minimum atomic E-state index is -0.338. The topological polar surface area (TPSA) is 65.4 Å². The van der Waals surface area contributed by atoms with Crippen LogP contribution in [-0.4, -0.2) is 16.3 Å². The first-order chi connectivity index (χ1) is 14.1. The smallest absolute Gasteiger partial charge is 0.286 e. The predicted molar refractivity (Wildman–Crippen MR) is 108 cm³/mol. The van der Waals surface area contributed by atoms with Crippen LogP contribution < -0.4 is 20.5 Å². The van der Waals surface area contributed by atoms with Gasteiger partial charge < -0.3 is 14.9 Å². The van der Waals surface area contributed by atoms with Crippen LogP contribution in [0.4, 0.5) is 4.39 Å². The van der Waals surface area contributed by atoms with Gasteiger partial charge in [-0.1, -0.05) is 25.1 Å². The molecule has 0 unspecified atom stereocenters. The van der Waals surface area contributed by atoms with Crippen LogP contribution in [0.1, 0.15) is 30.2 Å². The molecule has 0 spiro atoms. The number of nitrogens with zero attached hydrogens (tertiary/aromatic N) is 2. The number of pyridine rings is 2. The average Bonchev–Trinajstić information content (AvgIpc) is 2.74. The molecule has 0 saturated heterocycles. The van der Waals surface area contributed by atoms with Crippen molar-refractivity contribution in [3.05, 3.63) is 93.9 Å². The third-order valence-electron chi connectivity index (χ3n) is 4.17. The quantitative estimate of drug-likeness (QED) is 0.533. The van der Waals surface area contributed by atoms with E-state index >= 15 is 0 Å². The van der Waals surface area contributed by atoms with E-state index in [4.69, 9.17) is 9.57 Å². The van der Waals surface area contributed by atoms with Gasteiger partial charge in [-0.25, -0.2) is 4.39 Å². The van der Waals surface area contributed by atoms with Gasteiger partial charge in [-0.15, -0.1) is 0 Å². The normalized spacial score (nSPS) is 10.7. The number of benzene rings is 1. The van der Waals surface area contributed by atoms with E-state index in [9.17, 15) is 9.18 Å². The van der Waals surface area contributed by atoms with Crippen LogP contribution in [0.2, 0.25) is 0 Å². The van der Waals surface area contributed by atoms with E-state index in [1.54, 1.807) is 24.4 Å². The zero-order valence-corrected chi connectivity index (χ0v) is 16.3. The molecule has 7 heteroatoms. The van der Waals surface area contributed by atoms with E-state index in [0.29, 0.717) is 5.75 Å². The summed E-state index contributed by atoms with van der Waals surface area (Å²) in [5, 5.41) is 3.30. The predicted octanol–water partition coefficient (Wildman–Crippen LogP) is 3.09. The van der Waals surface area contributed by atoms with Gasteiger partial charge in [0.05, 0.1) is 11.9 Å². The number of nitrogens with one attached hydrogen (secondary N) is 1. The van der Waals surface area contributed by atoms with E-state index in [1.807, 2.05) is 12.1 Å². The maximum absolute atomic E-state index is 12.9. The summed E-state index contributed by atoms with van der Waals surface area (Å²) in [7, 11) is 0. The van der Waals surface area contributed by atoms with Crippen LogP contribution >= 0.6 is 0 Å². The van der Waals surface area contributed by atoms with Gasteiger partial charge in [0.2, 0.25) is 0 Å². The van der Waals surface area contributed by atoms with E-state index in [1.165, 1.54) is 24.4 Å². The molecule has 29 heavy (non-hydrogen) atoms. The highest BCUT2D eigenvalue weighted by molar-refractivity contribution is 5.20. The third-order valence-corrected chi connectivity index (χ3v) is 4.17. The summed E-state index contributed by atoms with van der Waals surface area (Å²) in [6, 6.07) is 12.9. The molecule has 0 atom stereocenters. The van der Waals surface area contributed by atoms with Crippen molar-refractivity contribution in [2.75, 3.05) is 6.54 Å². The summed E-state index contributed by atoms with van der Waals surface area (Å²) in [4.78, 5) is 22.1. The molecule has 6 nitrogen and oxygen atoms in total. The molecule has 1 aromatic carbocycles. The Hall–Kier alpha value is -3.19. The summed E-state index contributed by atoms with van der Waals surface area (Å²) in [6.45, 7) is 4.28. The van der Waals surface area contributed by atoms with Crippen molar-refractivity contribution in [2.45, 2.75) is 33.1 Å². The number of aromatic nitrogens is 2. The van der Waals surface area contributed by atoms with Crippen molar-refractivity contribution >= 4 is 0 Å². The number of rotatable bonds is 10. The molecule has 0 aliphatic carbocycles. The molecule has 2 aromatic heterocycles. The Bertz CT molecular complexity index is 956. The molecule has 0 aliphatic heterocycles. The van der Waals surface area contributed by atoms with Crippen molar-refractivity contribution in [3.63, 3.8) is 0 Å². The molecule has 152 valence electrons. The van der Waals surface area contributed by atoms with Crippen molar-refractivity contribution in [3.8, 4) is 5.75 Å². The molecular formula is C22H24FN3O3. The van der Waals surface area contributed by atoms with Gasteiger partial charge in [0, 0.05) is 30.4 Å². The molecule has 0 aliphatic rings. The first-order valence-electron chi connectivity index (χ1n) is 9.52. The largest absolute Gasteiger partial charge is 0.489 e. The molecule has 0 bridgehead atoms. The lowest BCUT2D eigenvalue weighted by Gasteiger charge is -2.10. The van der Waals surface area contributed by atoms with Crippen molar-refractivity contribution in [1.29, 1.82) is 0 Å². The fourth-order valence-corrected chi connectivity index (χ4v) is 2.57. The Labute approximate surface area is 168 Å². The zero-order valence-electron chi connectivity index (χ0n) is 16.3. The SMILES string of the molecule is CCCNCc1ccc(COn2ccc(OCc3ccc(F)cc3)cc2=O)cn1. The fraction of sp³-hybridized carbons (Fsp3) is 0.273. The molecule has 0 radical (unpaired) electrons. The van der Waals surface area contributed by atoms with Crippen molar-refractivity contribution < 1.29 is 14.0 Å². The second-order valence-electron chi connectivity index (χ2n) is 6.55. The zero-order chi connectivity index (χ0) is 20.5. The maximum atomic E-state index is 12.9. The number of ether oxygens (including phenoxy) is 1. The van der Waals surface area contributed by atoms with E-state index in [2.05, 4.69) is 17.2 Å². The van der Waals surface area contributed by atoms with Crippen LogP contribution in [0.5, 0.6) is 5.75 Å². The van der Waals surface area contributed by atoms with Gasteiger partial charge in [0.25, 0.3) is 5.56 Å². The highest BCUT2D eigenvalue weighted by atomic mass is 19.1. The van der Waals surface area contributed by atoms with Crippen LogP contribution in [-0.2, 0) is 19.8 Å². The van der Waals surface area contributed by atoms with Crippen LogP contribution in [0.25, 0.3) is 0 Å². The Morgan fingerprint density at radius 3 is 2.55 bits per heavy atom. The molecular weight excluding hydrogens is 373 g/mol. The van der Waals surface area contributed by atoms with Gasteiger partial charge >= 0.3 is 0 Å². The van der Waals surface area contributed by atoms with Crippen LogP contribution in [0.3, 0.4) is 0 Å². The summed E-state index contributed by atoms with van der Waals surface area (Å²) >= 11 is 0. The lowest BCUT2D eigenvalue weighted by Crippen LogP contribution is -2.25. The van der Waals surface area contributed by atoms with Crippen molar-refractivity contribution in [2.24, 2.45) is 0 Å². The average molecular weight is 397 g/mol. The highest BCUT2D eigenvalue weighted by Crippen LogP contribution is 2.10. The van der Waals surface area contributed by atoms with E-state index in [-0.39, 0.29) is 24.6 Å². The summed E-state index contributed by atoms with van der Waals surface area (Å²) < 4.78 is 19.7. The number of halogens is 1. The van der Waals surface area contributed by atoms with E-state index < -0.39 is 0 Å². The van der Waals surface area contributed by atoms with E-state index in [0.717, 1.165) is 41.1 Å². The van der Waals surface area contributed by atoms with Crippen molar-refractivity contribution in [1.82, 2.24) is 15.0 Å². The number of hydrogen-bond donors (Lipinski definition) is 1. The van der Waals surface area contributed by atoms with Gasteiger partial charge in [0.15, 0.2) is 0 Å². The fourth-order valence-electron chi connectivity index (χ4n) is 2.57. The van der Waals surface area contributed by atoms with Crippen LogP contribution in [0, 0.1) is 5.82 Å². The van der Waals surface area contributed by atoms with Crippen LogP contribution in [0.15, 0.2) is 65.7 Å². The minimum Gasteiger partial charge on any atom is -0.489 e. The van der Waals surface area contributed by atoms with Gasteiger partial charge in [-0.2, -0.15) is 4.73 Å². The lowest BCUT2D eigenvalue weighted by atomic mass is 10.2. The standard InChI is InChI=1S/C22H24FN3O3/c1-2-10-24-14-20-8-5-18(13-25-20)16-29-26-11-9-21(12-22(26)27)28-15-17-3-6-19(23)7-4-17/h3-9,11-13,24H,2,10,14-16H2,1H3. The third kappa shape index (κ3) is 6.43. The maximum Gasteiger partial charge on any atom is 0.286 e. The summed E-state index contributed by atoms with van der Waals surface area (Å²) in [5.41, 5.74) is 2.30. The first-order valence-corrected chi connectivity index (χ1v) is 9.52. The Kier molecular flexibility index (Phi) is 7.35. The molecule has 0 saturated carbocycles. The molecule has 1 N–H and O–H groups in total. The molecule has 3 rings (SSSR count). The molecule has 2 heterocycles. The molecule has 0 amide bonds. The minimum absolute atomic E-state index is 0.228. The Morgan fingerprint density at radius 2 is 1.86 bits per heavy atom. The van der Waals surface area contributed by atoms with Gasteiger partial charge in [-0.3, -0.25) is 9.78 Å². The monoisotopic (exact) mass is 397 g/mol. The lowest BCUT2D eigenvalue weighted by molar-refractivity contribution is 0.0882. The molecule has 0 fully saturated rings. The summed E-state index contributed by atoms with van der Waals surface area (Å²) in [5.74, 6) is 0.122. The second-order valence-corrected chi connectivity index (χ2v) is 6.55. The van der Waals surface area contributed by atoms with Gasteiger partial charge in [0.1, 0.15) is 24.8 Å². The Balaban J connectivity index is 1.51. The second kappa shape index (κ2) is 10.4. The molecule has 3 aromatic rings. The van der Waals surface area contributed by atoms with Gasteiger partial charge in [-0.05, 0) is 36.7 Å². The Morgan fingerprint density at radius 1 is 1.07 bits per heavy atom. The number of hydrogen-bond acceptors (Lipinski definition) is 5. The first kappa shape index (κ1) is 20.5. The summed E-state index contributed by atoms with van der Waals surface area (Å²) in [6.07, 6.45) is 4.34. The highest BCUT2D eigenvalue weighted by Gasteiger charge is 2.03.